The van der Waals surface area contributed by atoms with Gasteiger partial charge >= 0.3 is 0 Å². The van der Waals surface area contributed by atoms with Crippen LogP contribution in [-0.2, 0) is 9.59 Å². The molecule has 2 amide bonds. The average Bonchev–Trinajstić information content (AvgIpc) is 2.60. The van der Waals surface area contributed by atoms with Gasteiger partial charge in [-0.3, -0.25) is 9.59 Å². The van der Waals surface area contributed by atoms with Crippen LogP contribution in [0.25, 0.3) is 6.08 Å². The van der Waals surface area contributed by atoms with E-state index in [1.807, 2.05) is 36.4 Å². The molecule has 1 aromatic rings. The summed E-state index contributed by atoms with van der Waals surface area (Å²) < 4.78 is 0. The minimum atomic E-state index is -0.0475. The van der Waals surface area contributed by atoms with Gasteiger partial charge in [-0.05, 0) is 24.5 Å². The number of benzene rings is 1. The second-order valence-electron chi connectivity index (χ2n) is 5.83. The minimum Gasteiger partial charge on any atom is -0.395 e. The predicted molar refractivity (Wildman–Crippen MR) is 89.5 cm³/mol. The van der Waals surface area contributed by atoms with Crippen LogP contribution in [0.5, 0.6) is 0 Å². The Bertz CT molecular complexity index is 549. The largest absolute Gasteiger partial charge is 0.395 e. The maximum atomic E-state index is 12.2. The fraction of sp³-hybridized carbons (Fsp3) is 0.444. The number of rotatable bonds is 5. The molecule has 1 N–H and O–H groups in total. The van der Waals surface area contributed by atoms with Crippen LogP contribution in [0.3, 0.4) is 0 Å². The van der Waals surface area contributed by atoms with Crippen molar-refractivity contribution in [3.8, 4) is 0 Å². The summed E-state index contributed by atoms with van der Waals surface area (Å²) in [7, 11) is 1.71. The van der Waals surface area contributed by atoms with Crippen LogP contribution in [0.1, 0.15) is 18.4 Å². The van der Waals surface area contributed by atoms with Crippen LogP contribution in [0, 0.1) is 5.92 Å². The quantitative estimate of drug-likeness (QED) is 0.835. The van der Waals surface area contributed by atoms with Gasteiger partial charge in [0, 0.05) is 38.7 Å². The Kier molecular flexibility index (Phi) is 6.35. The third-order valence-corrected chi connectivity index (χ3v) is 4.19. The molecule has 1 saturated heterocycles. The van der Waals surface area contributed by atoms with E-state index in [9.17, 15) is 9.59 Å². The zero-order valence-electron chi connectivity index (χ0n) is 13.5. The number of aliphatic hydroxyl groups excluding tert-OH is 1. The van der Waals surface area contributed by atoms with Crippen molar-refractivity contribution in [2.75, 3.05) is 33.3 Å². The molecule has 124 valence electrons. The molecular weight excluding hydrogens is 292 g/mol. The summed E-state index contributed by atoms with van der Waals surface area (Å²) in [5, 5.41) is 8.90. The fourth-order valence-corrected chi connectivity index (χ4v) is 2.76. The Balaban J connectivity index is 1.83. The summed E-state index contributed by atoms with van der Waals surface area (Å²) in [4.78, 5) is 27.7. The third kappa shape index (κ3) is 4.93. The van der Waals surface area contributed by atoms with Gasteiger partial charge in [-0.2, -0.15) is 0 Å². The van der Waals surface area contributed by atoms with Crippen LogP contribution in [-0.4, -0.2) is 60.0 Å². The number of nitrogens with zero attached hydrogens (tertiary/aromatic N) is 2. The zero-order valence-corrected chi connectivity index (χ0v) is 13.5. The summed E-state index contributed by atoms with van der Waals surface area (Å²) in [6.07, 6.45) is 4.77. The second kappa shape index (κ2) is 8.48. The molecule has 0 radical (unpaired) electrons. The highest BCUT2D eigenvalue weighted by Crippen LogP contribution is 2.19. The SMILES string of the molecule is CN(CCO)C(=O)C1CCN(C(=O)/C=C/c2ccccc2)CC1. The van der Waals surface area contributed by atoms with E-state index in [0.29, 0.717) is 32.5 Å². The molecule has 1 aliphatic heterocycles. The molecule has 0 unspecified atom stereocenters. The molecule has 23 heavy (non-hydrogen) atoms. The van der Waals surface area contributed by atoms with E-state index in [-0.39, 0.29) is 24.3 Å². The molecule has 0 aliphatic carbocycles. The van der Waals surface area contributed by atoms with Crippen LogP contribution in [0.4, 0.5) is 0 Å². The lowest BCUT2D eigenvalue weighted by atomic mass is 9.95. The number of piperidine rings is 1. The molecule has 0 spiro atoms. The van der Waals surface area contributed by atoms with Gasteiger partial charge in [0.1, 0.15) is 0 Å². The summed E-state index contributed by atoms with van der Waals surface area (Å²) in [5.74, 6) is 0.00291. The molecule has 0 saturated carbocycles. The highest BCUT2D eigenvalue weighted by molar-refractivity contribution is 5.92. The lowest BCUT2D eigenvalue weighted by Gasteiger charge is -2.32. The minimum absolute atomic E-state index is 0.0107. The first-order valence-electron chi connectivity index (χ1n) is 7.99. The number of hydrogen-bond donors (Lipinski definition) is 1. The highest BCUT2D eigenvalue weighted by atomic mass is 16.3. The van der Waals surface area contributed by atoms with Gasteiger partial charge < -0.3 is 14.9 Å². The Morgan fingerprint density at radius 3 is 2.52 bits per heavy atom. The van der Waals surface area contributed by atoms with E-state index in [0.717, 1.165) is 5.56 Å². The Morgan fingerprint density at radius 1 is 1.26 bits per heavy atom. The van der Waals surface area contributed by atoms with Gasteiger partial charge in [-0.15, -0.1) is 0 Å². The lowest BCUT2D eigenvalue weighted by molar-refractivity contribution is -0.138. The molecule has 1 heterocycles. The van der Waals surface area contributed by atoms with Crippen molar-refractivity contribution in [1.82, 2.24) is 9.80 Å². The van der Waals surface area contributed by atoms with Crippen molar-refractivity contribution in [3.05, 3.63) is 42.0 Å². The first-order chi connectivity index (χ1) is 11.1. The Hall–Kier alpha value is -2.14. The number of amides is 2. The predicted octanol–water partition coefficient (Wildman–Crippen LogP) is 1.39. The van der Waals surface area contributed by atoms with E-state index in [1.165, 1.54) is 0 Å². The van der Waals surface area contributed by atoms with Gasteiger partial charge in [-0.25, -0.2) is 0 Å². The van der Waals surface area contributed by atoms with Crippen LogP contribution in [0.15, 0.2) is 36.4 Å². The summed E-state index contributed by atoms with van der Waals surface area (Å²) in [5.41, 5.74) is 0.997. The molecule has 1 fully saturated rings. The number of likely N-dealkylation sites (tertiary alicyclic amines) is 1. The number of carbonyl (C=O) groups excluding carboxylic acids is 2. The van der Waals surface area contributed by atoms with Crippen molar-refractivity contribution in [1.29, 1.82) is 0 Å². The molecule has 5 heteroatoms. The van der Waals surface area contributed by atoms with E-state index in [2.05, 4.69) is 0 Å². The lowest BCUT2D eigenvalue weighted by Crippen LogP contribution is -2.43. The van der Waals surface area contributed by atoms with E-state index in [4.69, 9.17) is 5.11 Å². The molecule has 5 nitrogen and oxygen atoms in total. The van der Waals surface area contributed by atoms with Crippen molar-refractivity contribution in [2.45, 2.75) is 12.8 Å². The first-order valence-corrected chi connectivity index (χ1v) is 7.99. The maximum absolute atomic E-state index is 12.2. The van der Waals surface area contributed by atoms with E-state index in [1.54, 1.807) is 22.9 Å². The topological polar surface area (TPSA) is 60.9 Å². The number of carbonyl (C=O) groups is 2. The van der Waals surface area contributed by atoms with Gasteiger partial charge in [0.05, 0.1) is 6.61 Å². The molecule has 0 bridgehead atoms. The molecular formula is C18H24N2O3. The van der Waals surface area contributed by atoms with Gasteiger partial charge in [-0.1, -0.05) is 30.3 Å². The molecule has 1 aromatic carbocycles. The molecule has 1 aliphatic rings. The maximum Gasteiger partial charge on any atom is 0.246 e. The summed E-state index contributed by atoms with van der Waals surface area (Å²) in [6, 6.07) is 9.71. The number of aliphatic hydroxyl groups is 1. The van der Waals surface area contributed by atoms with Gasteiger partial charge in [0.2, 0.25) is 11.8 Å². The average molecular weight is 316 g/mol. The Labute approximate surface area is 137 Å². The van der Waals surface area contributed by atoms with Gasteiger partial charge in [0.25, 0.3) is 0 Å². The van der Waals surface area contributed by atoms with Crippen molar-refractivity contribution < 1.29 is 14.7 Å². The van der Waals surface area contributed by atoms with Crippen LogP contribution < -0.4 is 0 Å². The smallest absolute Gasteiger partial charge is 0.246 e. The molecule has 0 atom stereocenters. The normalized spacial score (nSPS) is 15.8. The van der Waals surface area contributed by atoms with Crippen molar-refractivity contribution in [2.24, 2.45) is 5.92 Å². The van der Waals surface area contributed by atoms with E-state index >= 15 is 0 Å². The van der Waals surface area contributed by atoms with Gasteiger partial charge in [0.15, 0.2) is 0 Å². The number of hydrogen-bond acceptors (Lipinski definition) is 3. The summed E-state index contributed by atoms with van der Waals surface area (Å²) in [6.45, 7) is 1.53. The van der Waals surface area contributed by atoms with Crippen LogP contribution >= 0.6 is 0 Å². The standard InChI is InChI=1S/C18H24N2O3/c1-19(13-14-21)18(23)16-9-11-20(12-10-16)17(22)8-7-15-5-3-2-4-6-15/h2-8,16,21H,9-14H2,1H3/b8-7+. The summed E-state index contributed by atoms with van der Waals surface area (Å²) >= 11 is 0. The molecule has 2 rings (SSSR count). The first kappa shape index (κ1) is 17.2. The third-order valence-electron chi connectivity index (χ3n) is 4.19. The van der Waals surface area contributed by atoms with Crippen molar-refractivity contribution in [3.63, 3.8) is 0 Å². The van der Waals surface area contributed by atoms with Crippen LogP contribution in [0.2, 0.25) is 0 Å². The zero-order chi connectivity index (χ0) is 16.7. The Morgan fingerprint density at radius 2 is 1.91 bits per heavy atom. The van der Waals surface area contributed by atoms with E-state index < -0.39 is 0 Å². The van der Waals surface area contributed by atoms with Crippen molar-refractivity contribution >= 4 is 17.9 Å². The highest BCUT2D eigenvalue weighted by Gasteiger charge is 2.28. The molecule has 0 aromatic heterocycles. The second-order valence-corrected chi connectivity index (χ2v) is 5.83. The monoisotopic (exact) mass is 316 g/mol. The fourth-order valence-electron chi connectivity index (χ4n) is 2.76. The number of likely N-dealkylation sites (N-methyl/N-ethyl adjacent to an activating group) is 1.